The second kappa shape index (κ2) is 4.07. The van der Waals surface area contributed by atoms with Crippen molar-refractivity contribution in [3.8, 4) is 0 Å². The van der Waals surface area contributed by atoms with Gasteiger partial charge in [0.2, 0.25) is 0 Å². The van der Waals surface area contributed by atoms with Crippen LogP contribution < -0.4 is 5.32 Å². The zero-order valence-corrected chi connectivity index (χ0v) is 7.78. The van der Waals surface area contributed by atoms with Crippen LogP contribution in [0.4, 0.5) is 0 Å². The third kappa shape index (κ3) is 1.74. The topological polar surface area (TPSA) is 29.1 Å². The monoisotopic (exact) mass is 181 g/mol. The van der Waals surface area contributed by atoms with Gasteiger partial charge in [-0.2, -0.15) is 0 Å². The van der Waals surface area contributed by atoms with Crippen molar-refractivity contribution in [3.63, 3.8) is 0 Å². The predicted octanol–water partition coefficient (Wildman–Crippen LogP) is 1.84. The van der Waals surface area contributed by atoms with Crippen LogP contribution in [0.25, 0.3) is 0 Å². The number of hydrogen-bond acceptors (Lipinski definition) is 2. The van der Waals surface area contributed by atoms with Crippen molar-refractivity contribution in [2.45, 2.75) is 6.42 Å². The maximum atomic E-state index is 11.2. The summed E-state index contributed by atoms with van der Waals surface area (Å²) in [7, 11) is 1.64. The van der Waals surface area contributed by atoms with Gasteiger partial charge in [-0.25, -0.2) is 0 Å². The molecule has 12 heavy (non-hydrogen) atoms. The highest BCUT2D eigenvalue weighted by Gasteiger charge is 2.09. The van der Waals surface area contributed by atoms with E-state index in [4.69, 9.17) is 0 Å². The summed E-state index contributed by atoms with van der Waals surface area (Å²) in [6, 6.07) is 1.96. The van der Waals surface area contributed by atoms with E-state index in [1.807, 2.05) is 11.4 Å². The van der Waals surface area contributed by atoms with Crippen molar-refractivity contribution in [3.05, 3.63) is 34.5 Å². The van der Waals surface area contributed by atoms with Crippen LogP contribution in [0.15, 0.2) is 24.1 Å². The van der Waals surface area contributed by atoms with E-state index in [2.05, 4.69) is 11.9 Å². The lowest BCUT2D eigenvalue weighted by molar-refractivity contribution is 0.0966. The molecule has 0 aliphatic heterocycles. The molecule has 0 aliphatic carbocycles. The molecule has 0 radical (unpaired) electrons. The molecule has 0 saturated carbocycles. The van der Waals surface area contributed by atoms with Gasteiger partial charge in [0.15, 0.2) is 0 Å². The summed E-state index contributed by atoms with van der Waals surface area (Å²) in [5.74, 6) is -0.0122. The Morgan fingerprint density at radius 1 is 1.83 bits per heavy atom. The maximum Gasteiger partial charge on any atom is 0.261 e. The lowest BCUT2D eigenvalue weighted by atomic mass is 10.2. The van der Waals surface area contributed by atoms with Crippen LogP contribution in [0.3, 0.4) is 0 Å². The average molecular weight is 181 g/mol. The highest BCUT2D eigenvalue weighted by molar-refractivity contribution is 7.12. The van der Waals surface area contributed by atoms with E-state index in [-0.39, 0.29) is 5.91 Å². The maximum absolute atomic E-state index is 11.2. The molecule has 64 valence electrons. The Balaban J connectivity index is 2.90. The molecule has 0 fully saturated rings. The Morgan fingerprint density at radius 3 is 3.17 bits per heavy atom. The zero-order valence-electron chi connectivity index (χ0n) is 6.96. The molecule has 0 spiro atoms. The standard InChI is InChI=1S/C9H11NOS/c1-3-4-7-5-6-12-8(7)9(11)10-2/h3,5-6H,1,4H2,2H3,(H,10,11). The molecule has 1 heterocycles. The molecular formula is C9H11NOS. The van der Waals surface area contributed by atoms with Crippen molar-refractivity contribution in [2.75, 3.05) is 7.05 Å². The first kappa shape index (κ1) is 9.00. The lowest BCUT2D eigenvalue weighted by Gasteiger charge is -1.98. The lowest BCUT2D eigenvalue weighted by Crippen LogP contribution is -2.17. The Bertz CT molecular complexity index is 290. The summed E-state index contributed by atoms with van der Waals surface area (Å²) in [5.41, 5.74) is 1.05. The molecule has 0 bridgehead atoms. The van der Waals surface area contributed by atoms with Crippen LogP contribution >= 0.6 is 11.3 Å². The van der Waals surface area contributed by atoms with E-state index >= 15 is 0 Å². The van der Waals surface area contributed by atoms with Crippen molar-refractivity contribution < 1.29 is 4.79 Å². The minimum Gasteiger partial charge on any atom is -0.354 e. The fourth-order valence-corrected chi connectivity index (χ4v) is 1.84. The Labute approximate surface area is 75.9 Å². The van der Waals surface area contributed by atoms with Gasteiger partial charge in [0.05, 0.1) is 4.88 Å². The summed E-state index contributed by atoms with van der Waals surface area (Å²) >= 11 is 1.46. The van der Waals surface area contributed by atoms with Crippen LogP contribution in [0.5, 0.6) is 0 Å². The molecular weight excluding hydrogens is 170 g/mol. The highest BCUT2D eigenvalue weighted by Crippen LogP contribution is 2.17. The number of nitrogens with one attached hydrogen (secondary N) is 1. The van der Waals surface area contributed by atoms with Gasteiger partial charge in [0.1, 0.15) is 0 Å². The van der Waals surface area contributed by atoms with Crippen LogP contribution in [-0.4, -0.2) is 13.0 Å². The second-order valence-corrected chi connectivity index (χ2v) is 3.26. The average Bonchev–Trinajstić information content (AvgIpc) is 2.52. The predicted molar refractivity (Wildman–Crippen MR) is 51.6 cm³/mol. The van der Waals surface area contributed by atoms with E-state index < -0.39 is 0 Å². The first-order chi connectivity index (χ1) is 5.79. The van der Waals surface area contributed by atoms with Crippen molar-refractivity contribution in [1.82, 2.24) is 5.32 Å². The number of carbonyl (C=O) groups excluding carboxylic acids is 1. The molecule has 0 saturated heterocycles. The first-order valence-corrected chi connectivity index (χ1v) is 4.57. The molecule has 2 nitrogen and oxygen atoms in total. The molecule has 0 aromatic carbocycles. The summed E-state index contributed by atoms with van der Waals surface area (Å²) in [6.07, 6.45) is 2.56. The molecule has 0 aliphatic rings. The molecule has 3 heteroatoms. The van der Waals surface area contributed by atoms with E-state index in [1.54, 1.807) is 13.1 Å². The number of thiophene rings is 1. The number of allylic oxidation sites excluding steroid dienone is 1. The van der Waals surface area contributed by atoms with Crippen LogP contribution in [0, 0.1) is 0 Å². The quantitative estimate of drug-likeness (QED) is 0.708. The molecule has 1 aromatic rings. The fraction of sp³-hybridized carbons (Fsp3) is 0.222. The van der Waals surface area contributed by atoms with Gasteiger partial charge in [0.25, 0.3) is 5.91 Å². The van der Waals surface area contributed by atoms with Crippen molar-refractivity contribution in [1.29, 1.82) is 0 Å². The van der Waals surface area contributed by atoms with Crippen LogP contribution in [-0.2, 0) is 6.42 Å². The third-order valence-electron chi connectivity index (χ3n) is 1.54. The number of rotatable bonds is 3. The fourth-order valence-electron chi connectivity index (χ4n) is 0.965. The van der Waals surface area contributed by atoms with Crippen molar-refractivity contribution in [2.24, 2.45) is 0 Å². The molecule has 1 aromatic heterocycles. The van der Waals surface area contributed by atoms with Gasteiger partial charge in [-0.15, -0.1) is 17.9 Å². The van der Waals surface area contributed by atoms with Gasteiger partial charge in [-0.3, -0.25) is 4.79 Å². The highest BCUT2D eigenvalue weighted by atomic mass is 32.1. The number of carbonyl (C=O) groups is 1. The second-order valence-electron chi connectivity index (χ2n) is 2.35. The van der Waals surface area contributed by atoms with E-state index in [1.165, 1.54) is 11.3 Å². The first-order valence-electron chi connectivity index (χ1n) is 3.69. The van der Waals surface area contributed by atoms with Gasteiger partial charge >= 0.3 is 0 Å². The Kier molecular flexibility index (Phi) is 3.05. The normalized spacial score (nSPS) is 9.42. The smallest absolute Gasteiger partial charge is 0.261 e. The van der Waals surface area contributed by atoms with Gasteiger partial charge in [-0.05, 0) is 23.4 Å². The SMILES string of the molecule is C=CCc1ccsc1C(=O)NC. The third-order valence-corrected chi connectivity index (χ3v) is 2.50. The zero-order chi connectivity index (χ0) is 8.97. The molecule has 0 atom stereocenters. The van der Waals surface area contributed by atoms with Crippen molar-refractivity contribution >= 4 is 17.2 Å². The summed E-state index contributed by atoms with van der Waals surface area (Å²) in [5, 5.41) is 4.52. The van der Waals surface area contributed by atoms with E-state index in [0.29, 0.717) is 0 Å². The molecule has 1 rings (SSSR count). The van der Waals surface area contributed by atoms with E-state index in [9.17, 15) is 4.79 Å². The van der Waals surface area contributed by atoms with Gasteiger partial charge in [0, 0.05) is 7.05 Å². The summed E-state index contributed by atoms with van der Waals surface area (Å²) < 4.78 is 0. The minimum atomic E-state index is -0.0122. The van der Waals surface area contributed by atoms with Gasteiger partial charge in [-0.1, -0.05) is 6.08 Å². The molecule has 1 amide bonds. The minimum absolute atomic E-state index is 0.0122. The molecule has 1 N–H and O–H groups in total. The number of amides is 1. The Morgan fingerprint density at radius 2 is 2.58 bits per heavy atom. The van der Waals surface area contributed by atoms with Crippen LogP contribution in [0.1, 0.15) is 15.2 Å². The summed E-state index contributed by atoms with van der Waals surface area (Å²) in [4.78, 5) is 12.0. The largest absolute Gasteiger partial charge is 0.354 e. The van der Waals surface area contributed by atoms with Gasteiger partial charge < -0.3 is 5.32 Å². The number of hydrogen-bond donors (Lipinski definition) is 1. The summed E-state index contributed by atoms with van der Waals surface area (Å²) in [6.45, 7) is 3.63. The molecule has 0 unspecified atom stereocenters. The van der Waals surface area contributed by atoms with E-state index in [0.717, 1.165) is 16.9 Å². The Hall–Kier alpha value is -1.09. The van der Waals surface area contributed by atoms with Crippen LogP contribution in [0.2, 0.25) is 0 Å².